The van der Waals surface area contributed by atoms with Gasteiger partial charge in [0.05, 0.1) is 6.20 Å². The molecule has 2 aromatic carbocycles. The van der Waals surface area contributed by atoms with Gasteiger partial charge in [0.15, 0.2) is 0 Å². The first-order valence-corrected chi connectivity index (χ1v) is 7.57. The first-order chi connectivity index (χ1) is 10.9. The summed E-state index contributed by atoms with van der Waals surface area (Å²) in [6.07, 6.45) is 4.59. The van der Waals surface area contributed by atoms with Crippen molar-refractivity contribution in [3.8, 4) is 5.75 Å². The van der Waals surface area contributed by atoms with Crippen LogP contribution in [0.3, 0.4) is 0 Å². The number of pyridine rings is 1. The number of nitrogens with zero attached hydrogens (tertiary/aromatic N) is 1. The maximum absolute atomic E-state index is 6.31. The number of hydrogen-bond acceptors (Lipinski definition) is 3. The van der Waals surface area contributed by atoms with Gasteiger partial charge in [-0.2, -0.15) is 0 Å². The molecule has 1 unspecified atom stereocenters. The number of hydrogen-bond donors (Lipinski definition) is 1. The second-order valence-electron chi connectivity index (χ2n) is 5.27. The maximum atomic E-state index is 6.31. The first-order valence-electron chi connectivity index (χ1n) is 7.57. The van der Waals surface area contributed by atoms with E-state index in [1.807, 2.05) is 43.6 Å². The summed E-state index contributed by atoms with van der Waals surface area (Å²) in [5.74, 6) is 0.836. The van der Waals surface area contributed by atoms with Crippen molar-refractivity contribution in [2.45, 2.75) is 12.5 Å². The van der Waals surface area contributed by atoms with Gasteiger partial charge in [0, 0.05) is 23.4 Å². The highest BCUT2D eigenvalue weighted by Gasteiger charge is 2.14. The summed E-state index contributed by atoms with van der Waals surface area (Å²) in [5, 5.41) is 5.39. The largest absolute Gasteiger partial charge is 0.483 e. The Labute approximate surface area is 143 Å². The van der Waals surface area contributed by atoms with Crippen molar-refractivity contribution in [3.63, 3.8) is 0 Å². The number of benzene rings is 2. The molecule has 3 rings (SSSR count). The van der Waals surface area contributed by atoms with Gasteiger partial charge in [0.25, 0.3) is 0 Å². The van der Waals surface area contributed by atoms with Gasteiger partial charge in [0.2, 0.25) is 0 Å². The highest BCUT2D eigenvalue weighted by molar-refractivity contribution is 5.87. The van der Waals surface area contributed by atoms with E-state index < -0.39 is 0 Å². The van der Waals surface area contributed by atoms with Crippen molar-refractivity contribution in [2.75, 3.05) is 13.6 Å². The lowest BCUT2D eigenvalue weighted by Gasteiger charge is -2.20. The number of fused-ring (bicyclic) bond motifs is 1. The monoisotopic (exact) mass is 328 g/mol. The third-order valence-electron chi connectivity index (χ3n) is 3.73. The molecule has 1 atom stereocenters. The van der Waals surface area contributed by atoms with Crippen molar-refractivity contribution in [2.24, 2.45) is 0 Å². The van der Waals surface area contributed by atoms with Crippen molar-refractivity contribution in [1.29, 1.82) is 0 Å². The lowest BCUT2D eigenvalue weighted by atomic mass is 10.1. The van der Waals surface area contributed by atoms with Crippen LogP contribution in [0.2, 0.25) is 0 Å². The molecule has 1 aromatic heterocycles. The minimum atomic E-state index is 0. The van der Waals surface area contributed by atoms with Crippen LogP contribution in [0.1, 0.15) is 18.1 Å². The molecule has 0 saturated carbocycles. The Morgan fingerprint density at radius 1 is 1.00 bits per heavy atom. The van der Waals surface area contributed by atoms with Gasteiger partial charge in [-0.1, -0.05) is 54.6 Å². The summed E-state index contributed by atoms with van der Waals surface area (Å²) < 4.78 is 6.31. The molecule has 23 heavy (non-hydrogen) atoms. The zero-order chi connectivity index (χ0) is 15.2. The standard InChI is InChI=1S/C19H20N2O.ClH/c1-20-12-11-18(15-7-3-2-4-8-15)22-19-14-21-13-16-9-5-6-10-17(16)19;/h2-10,13-14,18,20H,11-12H2,1H3;1H. The molecular weight excluding hydrogens is 308 g/mol. The average Bonchev–Trinajstić information content (AvgIpc) is 2.59. The summed E-state index contributed by atoms with van der Waals surface area (Å²) in [6, 6.07) is 18.5. The number of nitrogens with one attached hydrogen (secondary N) is 1. The topological polar surface area (TPSA) is 34.1 Å². The van der Waals surface area contributed by atoms with Crippen LogP contribution >= 0.6 is 12.4 Å². The molecule has 0 radical (unpaired) electrons. The van der Waals surface area contributed by atoms with E-state index in [0.717, 1.165) is 29.5 Å². The van der Waals surface area contributed by atoms with Crippen LogP contribution < -0.4 is 10.1 Å². The molecule has 0 bridgehead atoms. The zero-order valence-corrected chi connectivity index (χ0v) is 13.9. The van der Waals surface area contributed by atoms with Crippen molar-refractivity contribution < 1.29 is 4.74 Å². The fourth-order valence-corrected chi connectivity index (χ4v) is 2.57. The Balaban J connectivity index is 0.00000192. The lowest BCUT2D eigenvalue weighted by Crippen LogP contribution is -2.16. The van der Waals surface area contributed by atoms with E-state index in [1.165, 1.54) is 5.56 Å². The van der Waals surface area contributed by atoms with Gasteiger partial charge >= 0.3 is 0 Å². The highest BCUT2D eigenvalue weighted by atomic mass is 35.5. The van der Waals surface area contributed by atoms with Gasteiger partial charge < -0.3 is 10.1 Å². The van der Waals surface area contributed by atoms with Crippen molar-refractivity contribution in [3.05, 3.63) is 72.6 Å². The van der Waals surface area contributed by atoms with Crippen LogP contribution in [0, 0.1) is 0 Å². The van der Waals surface area contributed by atoms with Crippen LogP contribution in [0.25, 0.3) is 10.8 Å². The normalized spacial score (nSPS) is 11.7. The summed E-state index contributed by atoms with van der Waals surface area (Å²) >= 11 is 0. The fraction of sp³-hybridized carbons (Fsp3) is 0.211. The van der Waals surface area contributed by atoms with E-state index in [4.69, 9.17) is 4.74 Å². The molecule has 0 fully saturated rings. The third-order valence-corrected chi connectivity index (χ3v) is 3.73. The molecule has 120 valence electrons. The Kier molecular flexibility index (Phi) is 6.39. The third kappa shape index (κ3) is 4.21. The maximum Gasteiger partial charge on any atom is 0.146 e. The molecular formula is C19H21ClN2O. The van der Waals surface area contributed by atoms with E-state index in [9.17, 15) is 0 Å². The second-order valence-corrected chi connectivity index (χ2v) is 5.27. The summed E-state index contributed by atoms with van der Waals surface area (Å²) in [5.41, 5.74) is 1.19. The molecule has 0 spiro atoms. The fourth-order valence-electron chi connectivity index (χ4n) is 2.57. The summed E-state index contributed by atoms with van der Waals surface area (Å²) in [4.78, 5) is 4.30. The van der Waals surface area contributed by atoms with Gasteiger partial charge in [-0.05, 0) is 19.2 Å². The average molecular weight is 329 g/mol. The number of rotatable bonds is 6. The van der Waals surface area contributed by atoms with E-state index in [0.29, 0.717) is 0 Å². The number of ether oxygens (including phenoxy) is 1. The van der Waals surface area contributed by atoms with Gasteiger partial charge in [-0.3, -0.25) is 4.98 Å². The smallest absolute Gasteiger partial charge is 0.146 e. The zero-order valence-electron chi connectivity index (χ0n) is 13.1. The first kappa shape index (κ1) is 17.3. The van der Waals surface area contributed by atoms with E-state index in [-0.39, 0.29) is 18.5 Å². The molecule has 1 heterocycles. The van der Waals surface area contributed by atoms with Crippen LogP contribution in [-0.4, -0.2) is 18.6 Å². The molecule has 0 saturated heterocycles. The number of halogens is 1. The molecule has 0 aliphatic heterocycles. The summed E-state index contributed by atoms with van der Waals surface area (Å²) in [6.45, 7) is 0.901. The predicted molar refractivity (Wildman–Crippen MR) is 97.3 cm³/mol. The minimum Gasteiger partial charge on any atom is -0.483 e. The van der Waals surface area contributed by atoms with Crippen LogP contribution in [0.5, 0.6) is 5.75 Å². The van der Waals surface area contributed by atoms with Crippen LogP contribution in [0.4, 0.5) is 0 Å². The molecule has 4 heteroatoms. The van der Waals surface area contributed by atoms with Gasteiger partial charge in [0.1, 0.15) is 11.9 Å². The molecule has 3 nitrogen and oxygen atoms in total. The Morgan fingerprint density at radius 2 is 1.74 bits per heavy atom. The number of aromatic nitrogens is 1. The van der Waals surface area contributed by atoms with E-state index >= 15 is 0 Å². The SMILES string of the molecule is CNCCC(Oc1cncc2ccccc12)c1ccccc1.Cl. The Hall–Kier alpha value is -2.10. The highest BCUT2D eigenvalue weighted by Crippen LogP contribution is 2.30. The van der Waals surface area contributed by atoms with Gasteiger partial charge in [-0.15, -0.1) is 12.4 Å². The predicted octanol–water partition coefficient (Wildman–Crippen LogP) is 4.39. The lowest BCUT2D eigenvalue weighted by molar-refractivity contribution is 0.197. The molecule has 0 amide bonds. The van der Waals surface area contributed by atoms with Gasteiger partial charge in [-0.25, -0.2) is 0 Å². The van der Waals surface area contributed by atoms with E-state index in [2.05, 4.69) is 34.6 Å². The molecule has 0 aliphatic carbocycles. The summed E-state index contributed by atoms with van der Waals surface area (Å²) in [7, 11) is 1.96. The molecule has 1 N–H and O–H groups in total. The minimum absolute atomic E-state index is 0. The molecule has 0 aliphatic rings. The van der Waals surface area contributed by atoms with Crippen LogP contribution in [-0.2, 0) is 0 Å². The second kappa shape index (κ2) is 8.51. The van der Waals surface area contributed by atoms with Crippen molar-refractivity contribution >= 4 is 23.2 Å². The van der Waals surface area contributed by atoms with Crippen molar-refractivity contribution in [1.82, 2.24) is 10.3 Å². The quantitative estimate of drug-likeness (QED) is 0.729. The Bertz CT molecular complexity index is 728. The molecule has 3 aromatic rings. The Morgan fingerprint density at radius 3 is 2.52 bits per heavy atom. The van der Waals surface area contributed by atoms with E-state index in [1.54, 1.807) is 6.20 Å². The van der Waals surface area contributed by atoms with Crippen LogP contribution in [0.15, 0.2) is 67.0 Å².